The summed E-state index contributed by atoms with van der Waals surface area (Å²) in [7, 11) is 3.93. The predicted molar refractivity (Wildman–Crippen MR) is 70.9 cm³/mol. The van der Waals surface area contributed by atoms with Gasteiger partial charge in [0.05, 0.1) is 0 Å². The van der Waals surface area contributed by atoms with Crippen LogP contribution >= 0.6 is 0 Å². The van der Waals surface area contributed by atoms with Gasteiger partial charge in [-0.1, -0.05) is 20.8 Å². The third-order valence-corrected chi connectivity index (χ3v) is 2.61. The van der Waals surface area contributed by atoms with Crippen molar-refractivity contribution in [1.29, 1.82) is 0 Å². The lowest BCUT2D eigenvalue weighted by Gasteiger charge is -2.20. The van der Waals surface area contributed by atoms with Crippen LogP contribution in [0.5, 0.6) is 0 Å². The van der Waals surface area contributed by atoms with Gasteiger partial charge in [0.25, 0.3) is 0 Å². The number of likely N-dealkylation sites (N-methyl/N-ethyl adjacent to an activating group) is 1. The van der Waals surface area contributed by atoms with Gasteiger partial charge in [-0.2, -0.15) is 0 Å². The highest BCUT2D eigenvalue weighted by atomic mass is 16.5. The second-order valence-corrected chi connectivity index (χ2v) is 5.71. The van der Waals surface area contributed by atoms with Gasteiger partial charge in [-0.05, 0) is 31.8 Å². The fraction of sp³-hybridized carbons (Fsp3) is 1.00. The summed E-state index contributed by atoms with van der Waals surface area (Å²) in [6.07, 6.45) is 2.36. The van der Waals surface area contributed by atoms with E-state index in [1.54, 1.807) is 7.11 Å². The molecule has 0 aliphatic carbocycles. The van der Waals surface area contributed by atoms with Crippen molar-refractivity contribution < 1.29 is 4.74 Å². The van der Waals surface area contributed by atoms with E-state index in [0.29, 0.717) is 5.41 Å². The maximum Gasteiger partial charge on any atom is 0.0474 e. The van der Waals surface area contributed by atoms with Crippen molar-refractivity contribution in [1.82, 2.24) is 10.2 Å². The molecule has 0 aromatic heterocycles. The summed E-state index contributed by atoms with van der Waals surface area (Å²) in [6, 6.07) is 0. The van der Waals surface area contributed by atoms with Crippen LogP contribution in [-0.4, -0.2) is 51.8 Å². The first-order valence-electron chi connectivity index (χ1n) is 6.34. The van der Waals surface area contributed by atoms with Crippen molar-refractivity contribution in [3.8, 4) is 0 Å². The Balaban J connectivity index is 3.24. The van der Waals surface area contributed by atoms with Crippen LogP contribution in [0.15, 0.2) is 0 Å². The third kappa shape index (κ3) is 12.0. The normalized spacial score (nSPS) is 12.4. The second-order valence-electron chi connectivity index (χ2n) is 5.71. The van der Waals surface area contributed by atoms with Crippen LogP contribution < -0.4 is 5.32 Å². The molecule has 3 heteroatoms. The standard InChI is InChI=1S/C13H30N2O/c1-13(2,3)7-8-14-9-11-15(4)10-6-12-16-5/h14H,6-12H2,1-5H3. The van der Waals surface area contributed by atoms with Crippen LogP contribution in [0, 0.1) is 5.41 Å². The van der Waals surface area contributed by atoms with E-state index in [-0.39, 0.29) is 0 Å². The average molecular weight is 230 g/mol. The molecule has 0 saturated heterocycles. The topological polar surface area (TPSA) is 24.5 Å². The molecule has 0 atom stereocenters. The number of methoxy groups -OCH3 is 1. The number of rotatable bonds is 9. The molecule has 98 valence electrons. The van der Waals surface area contributed by atoms with E-state index in [2.05, 4.69) is 38.0 Å². The lowest BCUT2D eigenvalue weighted by molar-refractivity contribution is 0.179. The monoisotopic (exact) mass is 230 g/mol. The lowest BCUT2D eigenvalue weighted by atomic mass is 9.92. The average Bonchev–Trinajstić information content (AvgIpc) is 2.16. The van der Waals surface area contributed by atoms with Crippen molar-refractivity contribution in [2.45, 2.75) is 33.6 Å². The highest BCUT2D eigenvalue weighted by molar-refractivity contribution is 4.63. The molecule has 0 radical (unpaired) electrons. The minimum atomic E-state index is 0.442. The van der Waals surface area contributed by atoms with Crippen molar-refractivity contribution >= 4 is 0 Å². The summed E-state index contributed by atoms with van der Waals surface area (Å²) in [5, 5.41) is 3.49. The smallest absolute Gasteiger partial charge is 0.0474 e. The van der Waals surface area contributed by atoms with Gasteiger partial charge in [0, 0.05) is 33.4 Å². The van der Waals surface area contributed by atoms with Crippen molar-refractivity contribution in [2.75, 3.05) is 46.9 Å². The molecule has 0 amide bonds. The first-order valence-corrected chi connectivity index (χ1v) is 6.34. The maximum atomic E-state index is 5.03. The molecular weight excluding hydrogens is 200 g/mol. The summed E-state index contributed by atoms with van der Waals surface area (Å²) in [5.74, 6) is 0. The van der Waals surface area contributed by atoms with Gasteiger partial charge in [0.1, 0.15) is 0 Å². The summed E-state index contributed by atoms with van der Waals surface area (Å²) in [5.41, 5.74) is 0.442. The molecule has 0 aliphatic rings. The molecule has 0 aromatic carbocycles. The summed E-state index contributed by atoms with van der Waals surface area (Å²) >= 11 is 0. The van der Waals surface area contributed by atoms with Gasteiger partial charge in [-0.15, -0.1) is 0 Å². The van der Waals surface area contributed by atoms with Crippen LogP contribution in [0.2, 0.25) is 0 Å². The number of nitrogens with zero attached hydrogens (tertiary/aromatic N) is 1. The van der Waals surface area contributed by atoms with E-state index in [9.17, 15) is 0 Å². The van der Waals surface area contributed by atoms with E-state index in [4.69, 9.17) is 4.74 Å². The zero-order valence-electron chi connectivity index (χ0n) is 11.8. The number of nitrogens with one attached hydrogen (secondary N) is 1. The SMILES string of the molecule is COCCCN(C)CCNCCC(C)(C)C. The van der Waals surface area contributed by atoms with Crippen LogP contribution in [0.4, 0.5) is 0 Å². The lowest BCUT2D eigenvalue weighted by Crippen LogP contribution is -2.31. The van der Waals surface area contributed by atoms with Gasteiger partial charge in [-0.25, -0.2) is 0 Å². The van der Waals surface area contributed by atoms with Crippen molar-refractivity contribution in [3.05, 3.63) is 0 Å². The van der Waals surface area contributed by atoms with Gasteiger partial charge >= 0.3 is 0 Å². The number of ether oxygens (including phenoxy) is 1. The molecule has 0 aromatic rings. The summed E-state index contributed by atoms with van der Waals surface area (Å²) in [4.78, 5) is 2.35. The highest BCUT2D eigenvalue weighted by Crippen LogP contribution is 2.16. The van der Waals surface area contributed by atoms with Crippen LogP contribution in [0.25, 0.3) is 0 Å². The molecule has 0 spiro atoms. The Morgan fingerprint density at radius 1 is 1.12 bits per heavy atom. The molecule has 0 bridgehead atoms. The second kappa shape index (κ2) is 8.97. The zero-order chi connectivity index (χ0) is 12.4. The molecule has 16 heavy (non-hydrogen) atoms. The van der Waals surface area contributed by atoms with E-state index < -0.39 is 0 Å². The number of hydrogen-bond donors (Lipinski definition) is 1. The first kappa shape index (κ1) is 15.9. The minimum Gasteiger partial charge on any atom is -0.385 e. The van der Waals surface area contributed by atoms with Gasteiger partial charge in [-0.3, -0.25) is 0 Å². The van der Waals surface area contributed by atoms with E-state index in [1.165, 1.54) is 6.42 Å². The Bertz CT molecular complexity index is 155. The molecule has 0 fully saturated rings. The van der Waals surface area contributed by atoms with Gasteiger partial charge in [0.15, 0.2) is 0 Å². The molecule has 3 nitrogen and oxygen atoms in total. The van der Waals surface area contributed by atoms with Crippen molar-refractivity contribution in [2.24, 2.45) is 5.41 Å². The van der Waals surface area contributed by atoms with E-state index >= 15 is 0 Å². The van der Waals surface area contributed by atoms with E-state index in [1.807, 2.05) is 0 Å². The molecule has 0 unspecified atom stereocenters. The quantitative estimate of drug-likeness (QED) is 0.613. The Hall–Kier alpha value is -0.120. The molecule has 0 heterocycles. The fourth-order valence-electron chi connectivity index (χ4n) is 1.45. The Morgan fingerprint density at radius 2 is 1.81 bits per heavy atom. The molecular formula is C13H30N2O. The highest BCUT2D eigenvalue weighted by Gasteiger charge is 2.08. The van der Waals surface area contributed by atoms with Gasteiger partial charge in [0.2, 0.25) is 0 Å². The largest absolute Gasteiger partial charge is 0.385 e. The molecule has 0 saturated carbocycles. The Morgan fingerprint density at radius 3 is 2.38 bits per heavy atom. The molecule has 0 aliphatic heterocycles. The maximum absolute atomic E-state index is 5.03. The fourth-order valence-corrected chi connectivity index (χ4v) is 1.45. The third-order valence-electron chi connectivity index (χ3n) is 2.61. The van der Waals surface area contributed by atoms with Crippen molar-refractivity contribution in [3.63, 3.8) is 0 Å². The van der Waals surface area contributed by atoms with E-state index in [0.717, 1.165) is 39.2 Å². The van der Waals surface area contributed by atoms with Crippen LogP contribution in [0.3, 0.4) is 0 Å². The Labute approximate surface area is 102 Å². The molecule has 1 N–H and O–H groups in total. The van der Waals surface area contributed by atoms with Crippen LogP contribution in [-0.2, 0) is 4.74 Å². The first-order chi connectivity index (χ1) is 7.45. The van der Waals surface area contributed by atoms with Crippen LogP contribution in [0.1, 0.15) is 33.6 Å². The molecule has 0 rings (SSSR count). The van der Waals surface area contributed by atoms with Gasteiger partial charge < -0.3 is 15.0 Å². The summed E-state index contributed by atoms with van der Waals surface area (Å²) < 4.78 is 5.03. The zero-order valence-corrected chi connectivity index (χ0v) is 11.8. The summed E-state index contributed by atoms with van der Waals surface area (Å²) in [6.45, 7) is 12.2. The minimum absolute atomic E-state index is 0.442. The predicted octanol–water partition coefficient (Wildman–Crippen LogP) is 1.98. The Kier molecular flexibility index (Phi) is 8.90. The number of hydrogen-bond acceptors (Lipinski definition) is 3.